The number of pyridine rings is 1. The van der Waals surface area contributed by atoms with E-state index in [0.717, 1.165) is 37.9 Å². The molecule has 0 saturated heterocycles. The molecular weight excluding hydrogens is 531 g/mol. The number of carbonyl (C=O) groups excluding carboxylic acids is 2. The van der Waals surface area contributed by atoms with E-state index >= 15 is 0 Å². The van der Waals surface area contributed by atoms with Gasteiger partial charge in [-0.3, -0.25) is 0 Å². The van der Waals surface area contributed by atoms with Crippen LogP contribution in [0.3, 0.4) is 0 Å². The highest BCUT2D eigenvalue weighted by Gasteiger charge is 2.31. The van der Waals surface area contributed by atoms with Gasteiger partial charge in [-0.05, 0) is 99.0 Å². The molecule has 0 unspecified atom stereocenters. The zero-order valence-corrected chi connectivity index (χ0v) is 24.3. The summed E-state index contributed by atoms with van der Waals surface area (Å²) in [6, 6.07) is 2.35. The van der Waals surface area contributed by atoms with Gasteiger partial charge in [0.1, 0.15) is 17.3 Å². The minimum absolute atomic E-state index is 0.00950. The van der Waals surface area contributed by atoms with Crippen molar-refractivity contribution in [3.8, 4) is 5.88 Å². The van der Waals surface area contributed by atoms with Crippen LogP contribution in [0.1, 0.15) is 98.5 Å². The quantitative estimate of drug-likeness (QED) is 0.395. The normalized spacial score (nSPS) is 23.6. The van der Waals surface area contributed by atoms with Crippen molar-refractivity contribution in [3.05, 3.63) is 23.9 Å². The van der Waals surface area contributed by atoms with Crippen molar-refractivity contribution in [1.82, 2.24) is 15.6 Å². The number of halogens is 3. The van der Waals surface area contributed by atoms with Crippen LogP contribution >= 0.6 is 0 Å². The first kappa shape index (κ1) is 33.4. The lowest BCUT2D eigenvalue weighted by molar-refractivity contribution is -0.137. The number of alkyl halides is 3. The van der Waals surface area contributed by atoms with Gasteiger partial charge in [0.25, 0.3) is 0 Å². The van der Waals surface area contributed by atoms with Crippen LogP contribution in [0.2, 0.25) is 0 Å². The minimum atomic E-state index is -4.41. The molecular formula is C28H44F3N3O6. The number of carbonyl (C=O) groups is 2. The summed E-state index contributed by atoms with van der Waals surface area (Å²) in [5.41, 5.74) is -1.79. The molecule has 2 aliphatic carbocycles. The minimum Gasteiger partial charge on any atom is -0.474 e. The Morgan fingerprint density at radius 3 is 1.62 bits per heavy atom. The van der Waals surface area contributed by atoms with Crippen LogP contribution in [0.5, 0.6) is 5.88 Å². The van der Waals surface area contributed by atoms with E-state index in [-0.39, 0.29) is 36.3 Å². The molecule has 3 N–H and O–H groups in total. The predicted molar refractivity (Wildman–Crippen MR) is 143 cm³/mol. The van der Waals surface area contributed by atoms with E-state index in [4.69, 9.17) is 14.2 Å². The number of rotatable bonds is 4. The molecule has 0 radical (unpaired) electrons. The zero-order chi connectivity index (χ0) is 30.1. The molecule has 2 amide bonds. The van der Waals surface area contributed by atoms with Gasteiger partial charge in [-0.1, -0.05) is 0 Å². The Kier molecular flexibility index (Phi) is 11.9. The van der Waals surface area contributed by atoms with Gasteiger partial charge in [0.05, 0.1) is 11.7 Å². The highest BCUT2D eigenvalue weighted by molar-refractivity contribution is 5.68. The number of hydrogen-bond donors (Lipinski definition) is 3. The molecule has 9 nitrogen and oxygen atoms in total. The van der Waals surface area contributed by atoms with Gasteiger partial charge in [-0.2, -0.15) is 13.2 Å². The Balaban J connectivity index is 0.000000319. The topological polar surface area (TPSA) is 119 Å². The third-order valence-corrected chi connectivity index (χ3v) is 6.16. The molecule has 0 aromatic carbocycles. The van der Waals surface area contributed by atoms with Crippen LogP contribution in [-0.4, -0.2) is 57.8 Å². The van der Waals surface area contributed by atoms with Gasteiger partial charge in [0, 0.05) is 24.3 Å². The molecule has 228 valence electrons. The lowest BCUT2D eigenvalue weighted by atomic mass is 9.93. The summed E-state index contributed by atoms with van der Waals surface area (Å²) in [7, 11) is 0. The largest absolute Gasteiger partial charge is 0.474 e. The Labute approximate surface area is 234 Å². The summed E-state index contributed by atoms with van der Waals surface area (Å²) >= 11 is 0. The zero-order valence-electron chi connectivity index (χ0n) is 24.3. The van der Waals surface area contributed by atoms with Gasteiger partial charge in [-0.25, -0.2) is 14.6 Å². The Morgan fingerprint density at radius 1 is 0.800 bits per heavy atom. The second kappa shape index (κ2) is 14.2. The number of aromatic nitrogens is 1. The molecule has 0 spiro atoms. The fourth-order valence-electron chi connectivity index (χ4n) is 4.28. The maximum absolute atomic E-state index is 12.5. The Hall–Kier alpha value is -2.76. The maximum Gasteiger partial charge on any atom is 0.417 e. The summed E-state index contributed by atoms with van der Waals surface area (Å²) in [6.07, 6.45) is 1.23. The van der Waals surface area contributed by atoms with Crippen molar-refractivity contribution in [2.24, 2.45) is 0 Å². The molecule has 1 aromatic rings. The molecule has 2 saturated carbocycles. The van der Waals surface area contributed by atoms with Crippen LogP contribution < -0.4 is 15.4 Å². The number of alkyl carbamates (subject to hydrolysis) is 2. The Bertz CT molecular complexity index is 929. The monoisotopic (exact) mass is 575 g/mol. The molecule has 0 aliphatic heterocycles. The van der Waals surface area contributed by atoms with Crippen LogP contribution in [0.25, 0.3) is 0 Å². The number of ether oxygens (including phenoxy) is 3. The molecule has 40 heavy (non-hydrogen) atoms. The molecule has 0 bridgehead atoms. The van der Waals surface area contributed by atoms with E-state index in [1.807, 2.05) is 20.8 Å². The number of nitrogens with one attached hydrogen (secondary N) is 2. The highest BCUT2D eigenvalue weighted by Crippen LogP contribution is 2.30. The first-order valence-electron chi connectivity index (χ1n) is 13.8. The van der Waals surface area contributed by atoms with Gasteiger partial charge >= 0.3 is 18.4 Å². The van der Waals surface area contributed by atoms with Crippen LogP contribution in [0, 0.1) is 0 Å². The van der Waals surface area contributed by atoms with Gasteiger partial charge < -0.3 is 30.0 Å². The van der Waals surface area contributed by atoms with Crippen molar-refractivity contribution >= 4 is 12.2 Å². The van der Waals surface area contributed by atoms with Crippen molar-refractivity contribution in [1.29, 1.82) is 0 Å². The summed E-state index contributed by atoms with van der Waals surface area (Å²) < 4.78 is 53.5. The van der Waals surface area contributed by atoms with E-state index in [1.165, 1.54) is 6.07 Å². The van der Waals surface area contributed by atoms with Crippen molar-refractivity contribution in [3.63, 3.8) is 0 Å². The fourth-order valence-corrected chi connectivity index (χ4v) is 4.28. The number of hydrogen-bond acceptors (Lipinski definition) is 7. The second-order valence-corrected chi connectivity index (χ2v) is 12.3. The van der Waals surface area contributed by atoms with E-state index in [1.54, 1.807) is 20.8 Å². The smallest absolute Gasteiger partial charge is 0.417 e. The number of nitrogens with zero attached hydrogens (tertiary/aromatic N) is 1. The lowest BCUT2D eigenvalue weighted by Gasteiger charge is -2.30. The first-order chi connectivity index (χ1) is 18.4. The van der Waals surface area contributed by atoms with E-state index < -0.39 is 29.0 Å². The van der Waals surface area contributed by atoms with Crippen molar-refractivity contribution < 1.29 is 42.1 Å². The van der Waals surface area contributed by atoms with Crippen molar-refractivity contribution in [2.75, 3.05) is 0 Å². The van der Waals surface area contributed by atoms with Crippen LogP contribution in [0.4, 0.5) is 22.8 Å². The first-order valence-corrected chi connectivity index (χ1v) is 13.8. The summed E-state index contributed by atoms with van der Waals surface area (Å²) in [4.78, 5) is 26.9. The van der Waals surface area contributed by atoms with Gasteiger partial charge in [-0.15, -0.1) is 0 Å². The third-order valence-electron chi connectivity index (χ3n) is 6.16. The van der Waals surface area contributed by atoms with E-state index in [2.05, 4.69) is 15.6 Å². The van der Waals surface area contributed by atoms with Crippen molar-refractivity contribution in [2.45, 2.75) is 135 Å². The third kappa shape index (κ3) is 13.5. The maximum atomic E-state index is 12.5. The molecule has 2 fully saturated rings. The van der Waals surface area contributed by atoms with E-state index in [0.29, 0.717) is 25.7 Å². The SMILES string of the molecule is CC(C)(C)OC(=O)N[C@H]1CC[C@H](O)CC1.CC(C)(C)OC(=O)N[C@H]1CC[C@H](Oc2ccc(C(F)(F)F)cn2)CC1. The summed E-state index contributed by atoms with van der Waals surface area (Å²) in [6.45, 7) is 10.9. The van der Waals surface area contributed by atoms with Crippen LogP contribution in [-0.2, 0) is 15.7 Å². The fraction of sp³-hybridized carbons (Fsp3) is 0.750. The predicted octanol–water partition coefficient (Wildman–Crippen LogP) is 6.13. The molecule has 2 aliphatic rings. The molecule has 12 heteroatoms. The average molecular weight is 576 g/mol. The average Bonchev–Trinajstić information content (AvgIpc) is 2.80. The molecule has 0 atom stereocenters. The molecule has 1 aromatic heterocycles. The lowest BCUT2D eigenvalue weighted by Crippen LogP contribution is -2.42. The highest BCUT2D eigenvalue weighted by atomic mass is 19.4. The number of amides is 2. The number of aliphatic hydroxyl groups excluding tert-OH is 1. The number of aliphatic hydroxyl groups is 1. The molecule has 3 rings (SSSR count). The Morgan fingerprint density at radius 2 is 1.25 bits per heavy atom. The second-order valence-electron chi connectivity index (χ2n) is 12.3. The summed E-state index contributed by atoms with van der Waals surface area (Å²) in [5.74, 6) is 0.177. The summed E-state index contributed by atoms with van der Waals surface area (Å²) in [5, 5.41) is 15.0. The standard InChI is InChI=1S/C17H23F3N2O3.C11H21NO3/c1-16(2,3)25-15(23)22-12-5-7-13(8-6-12)24-14-9-4-11(10-21-14)17(18,19)20;1-11(2,3)15-10(14)12-8-4-6-9(13)7-5-8/h4,9-10,12-13H,5-8H2,1-3H3,(H,22,23);8-9,13H,4-7H2,1-3H3,(H,12,14)/t12-,13-;8-,9-. The van der Waals surface area contributed by atoms with Gasteiger partial charge in [0.15, 0.2) is 0 Å². The van der Waals surface area contributed by atoms with E-state index in [9.17, 15) is 27.9 Å². The van der Waals surface area contributed by atoms with Crippen LogP contribution in [0.15, 0.2) is 18.3 Å². The van der Waals surface area contributed by atoms with Gasteiger partial charge in [0.2, 0.25) is 5.88 Å². The molecule has 1 heterocycles.